The lowest BCUT2D eigenvalue weighted by Crippen LogP contribution is -2.10. The van der Waals surface area contributed by atoms with Gasteiger partial charge in [-0.2, -0.15) is 20.5 Å². The summed E-state index contributed by atoms with van der Waals surface area (Å²) in [6, 6.07) is 23.7. The van der Waals surface area contributed by atoms with Crippen LogP contribution in [0.2, 0.25) is 0 Å². The second-order valence-corrected chi connectivity index (χ2v) is 9.74. The summed E-state index contributed by atoms with van der Waals surface area (Å²) in [6.45, 7) is 9.19. The zero-order valence-electron chi connectivity index (χ0n) is 26.1. The normalized spacial score (nSPS) is 10.8. The number of carbonyl (C=O) groups is 2. The Balaban J connectivity index is 1.24. The number of rotatable bonds is 17. The van der Waals surface area contributed by atoms with Gasteiger partial charge in [0.25, 0.3) is 0 Å². The average molecular weight is 653 g/mol. The third kappa shape index (κ3) is 11.2. The molecule has 0 aliphatic heterocycles. The van der Waals surface area contributed by atoms with Gasteiger partial charge >= 0.3 is 11.9 Å². The zero-order chi connectivity index (χ0) is 34.1. The molecule has 13 heteroatoms. The molecule has 0 saturated heterocycles. The SMILES string of the molecule is C=CC(=O)OCCOc1ccc(N=Nc2ccc(NNc3ccc(N=Nc4ccc(OCCOC(=O)C=C)cc4)c(C)c3)c(F)c2)cc1. The first kappa shape index (κ1) is 34.5. The second-order valence-electron chi connectivity index (χ2n) is 9.74. The van der Waals surface area contributed by atoms with Crippen LogP contribution in [-0.2, 0) is 19.1 Å². The summed E-state index contributed by atoms with van der Waals surface area (Å²) in [4.78, 5) is 22.1. The number of nitrogens with one attached hydrogen (secondary N) is 2. The van der Waals surface area contributed by atoms with E-state index in [2.05, 4.69) is 44.5 Å². The second kappa shape index (κ2) is 17.9. The van der Waals surface area contributed by atoms with E-state index in [4.69, 9.17) is 18.9 Å². The van der Waals surface area contributed by atoms with E-state index in [0.29, 0.717) is 39.9 Å². The van der Waals surface area contributed by atoms with Crippen LogP contribution in [-0.4, -0.2) is 38.4 Å². The quantitative estimate of drug-likeness (QED) is 0.0379. The summed E-state index contributed by atoms with van der Waals surface area (Å²) in [5.41, 5.74) is 9.80. The molecule has 0 spiro atoms. The molecule has 0 atom stereocenters. The molecule has 0 fully saturated rings. The molecule has 0 aliphatic carbocycles. The Morgan fingerprint density at radius 1 is 0.667 bits per heavy atom. The Morgan fingerprint density at radius 2 is 1.19 bits per heavy atom. The molecular formula is C35H33FN6O6. The van der Waals surface area contributed by atoms with Gasteiger partial charge in [0.1, 0.15) is 43.7 Å². The summed E-state index contributed by atoms with van der Waals surface area (Å²) >= 11 is 0. The van der Waals surface area contributed by atoms with Gasteiger partial charge in [-0.05, 0) is 91.3 Å². The highest BCUT2D eigenvalue weighted by molar-refractivity contribution is 5.81. The van der Waals surface area contributed by atoms with Gasteiger partial charge in [0, 0.05) is 18.2 Å². The fourth-order valence-electron chi connectivity index (χ4n) is 3.82. The maximum atomic E-state index is 14.8. The molecule has 4 aromatic rings. The molecule has 0 bridgehead atoms. The minimum absolute atomic E-state index is 0.105. The van der Waals surface area contributed by atoms with Crippen LogP contribution in [0.1, 0.15) is 5.56 Å². The molecule has 246 valence electrons. The molecule has 0 amide bonds. The highest BCUT2D eigenvalue weighted by atomic mass is 19.1. The van der Waals surface area contributed by atoms with Gasteiger partial charge in [-0.1, -0.05) is 13.2 Å². The molecule has 48 heavy (non-hydrogen) atoms. The van der Waals surface area contributed by atoms with Gasteiger partial charge in [-0.3, -0.25) is 5.43 Å². The summed E-state index contributed by atoms with van der Waals surface area (Å²) in [7, 11) is 0. The zero-order valence-corrected chi connectivity index (χ0v) is 26.1. The predicted octanol–water partition coefficient (Wildman–Crippen LogP) is 8.62. The summed E-state index contributed by atoms with van der Waals surface area (Å²) in [5.74, 6) is -0.347. The molecule has 4 aromatic carbocycles. The Kier molecular flexibility index (Phi) is 12.9. The number of hydrogen-bond donors (Lipinski definition) is 2. The highest BCUT2D eigenvalue weighted by Gasteiger charge is 2.06. The van der Waals surface area contributed by atoms with Crippen molar-refractivity contribution in [3.8, 4) is 11.5 Å². The van der Waals surface area contributed by atoms with Crippen molar-refractivity contribution in [2.24, 2.45) is 20.5 Å². The molecule has 0 aromatic heterocycles. The van der Waals surface area contributed by atoms with E-state index >= 15 is 0 Å². The van der Waals surface area contributed by atoms with E-state index in [1.165, 1.54) is 6.07 Å². The van der Waals surface area contributed by atoms with E-state index in [-0.39, 0.29) is 32.1 Å². The molecular weight excluding hydrogens is 619 g/mol. The van der Waals surface area contributed by atoms with Crippen LogP contribution >= 0.6 is 0 Å². The lowest BCUT2D eigenvalue weighted by molar-refractivity contribution is -0.139. The van der Waals surface area contributed by atoms with Crippen LogP contribution in [0.4, 0.5) is 38.5 Å². The molecule has 2 N–H and O–H groups in total. The maximum Gasteiger partial charge on any atom is 0.330 e. The fraction of sp³-hybridized carbons (Fsp3) is 0.143. The third-order valence-corrected chi connectivity index (χ3v) is 6.24. The average Bonchev–Trinajstić information content (AvgIpc) is 3.11. The van der Waals surface area contributed by atoms with Gasteiger partial charge in [0.2, 0.25) is 0 Å². The van der Waals surface area contributed by atoms with Crippen LogP contribution in [0, 0.1) is 12.7 Å². The maximum absolute atomic E-state index is 14.8. The van der Waals surface area contributed by atoms with Crippen LogP contribution in [0.5, 0.6) is 11.5 Å². The van der Waals surface area contributed by atoms with Crippen molar-refractivity contribution < 1.29 is 32.9 Å². The van der Waals surface area contributed by atoms with Crippen molar-refractivity contribution in [1.29, 1.82) is 0 Å². The van der Waals surface area contributed by atoms with Gasteiger partial charge in [-0.25, -0.2) is 14.0 Å². The number of hydrazine groups is 1. The molecule has 0 heterocycles. The first-order chi connectivity index (χ1) is 23.3. The van der Waals surface area contributed by atoms with Gasteiger partial charge in [0.05, 0.1) is 34.1 Å². The highest BCUT2D eigenvalue weighted by Crippen LogP contribution is 2.28. The van der Waals surface area contributed by atoms with Crippen molar-refractivity contribution in [1.82, 2.24) is 0 Å². The molecule has 12 nitrogen and oxygen atoms in total. The Hall–Kier alpha value is -6.37. The Bertz CT molecular complexity index is 1780. The number of ether oxygens (including phenoxy) is 4. The number of azo groups is 2. The number of aryl methyl sites for hydroxylation is 1. The minimum Gasteiger partial charge on any atom is -0.490 e. The third-order valence-electron chi connectivity index (χ3n) is 6.24. The van der Waals surface area contributed by atoms with Crippen LogP contribution in [0.15, 0.2) is 131 Å². The largest absolute Gasteiger partial charge is 0.490 e. The van der Waals surface area contributed by atoms with E-state index in [9.17, 15) is 14.0 Å². The van der Waals surface area contributed by atoms with E-state index in [0.717, 1.165) is 17.7 Å². The van der Waals surface area contributed by atoms with Crippen LogP contribution in [0.25, 0.3) is 0 Å². The minimum atomic E-state index is -0.519. The van der Waals surface area contributed by atoms with E-state index in [1.54, 1.807) is 72.8 Å². The number of anilines is 2. The Labute approximate surface area is 276 Å². The summed E-state index contributed by atoms with van der Waals surface area (Å²) in [6.07, 6.45) is 2.18. The lowest BCUT2D eigenvalue weighted by atomic mass is 10.2. The first-order valence-corrected chi connectivity index (χ1v) is 14.6. The predicted molar refractivity (Wildman–Crippen MR) is 179 cm³/mol. The first-order valence-electron chi connectivity index (χ1n) is 14.6. The molecule has 0 unspecified atom stereocenters. The summed E-state index contributed by atoms with van der Waals surface area (Å²) in [5, 5.41) is 16.8. The summed E-state index contributed by atoms with van der Waals surface area (Å²) < 4.78 is 35.5. The van der Waals surface area contributed by atoms with Crippen molar-refractivity contribution in [2.75, 3.05) is 37.3 Å². The van der Waals surface area contributed by atoms with Crippen LogP contribution < -0.4 is 20.3 Å². The molecule has 0 aliphatic rings. The standard InChI is InChI=1S/C35H33FN6O6/c1-4-34(43)47-20-18-45-29-12-6-25(7-13-29)37-39-28-11-17-33(31(36)23-28)42-40-27-10-16-32(24(3)22-27)41-38-26-8-14-30(15-9-26)46-19-21-48-35(44)5-2/h4-17,22-23,40,42H,1-2,18-21H2,3H3. The molecule has 0 radical (unpaired) electrons. The molecule has 0 saturated carbocycles. The number of carbonyl (C=O) groups excluding carboxylic acids is 2. The van der Waals surface area contributed by atoms with Crippen molar-refractivity contribution in [3.63, 3.8) is 0 Å². The number of benzene rings is 4. The number of hydrogen-bond acceptors (Lipinski definition) is 12. The van der Waals surface area contributed by atoms with E-state index < -0.39 is 17.8 Å². The monoisotopic (exact) mass is 652 g/mol. The topological polar surface area (TPSA) is 145 Å². The number of esters is 2. The lowest BCUT2D eigenvalue weighted by Gasteiger charge is -2.12. The van der Waals surface area contributed by atoms with Crippen molar-refractivity contribution >= 4 is 46.1 Å². The van der Waals surface area contributed by atoms with Gasteiger partial charge in [0.15, 0.2) is 0 Å². The number of halogens is 1. The van der Waals surface area contributed by atoms with Crippen molar-refractivity contribution in [2.45, 2.75) is 6.92 Å². The van der Waals surface area contributed by atoms with Crippen LogP contribution in [0.3, 0.4) is 0 Å². The molecule has 4 rings (SSSR count). The number of nitrogens with zero attached hydrogens (tertiary/aromatic N) is 4. The fourth-order valence-corrected chi connectivity index (χ4v) is 3.82. The smallest absolute Gasteiger partial charge is 0.330 e. The Morgan fingerprint density at radius 3 is 1.71 bits per heavy atom. The van der Waals surface area contributed by atoms with Crippen molar-refractivity contribution in [3.05, 3.63) is 122 Å². The van der Waals surface area contributed by atoms with Gasteiger partial charge in [-0.15, -0.1) is 0 Å². The van der Waals surface area contributed by atoms with Gasteiger partial charge < -0.3 is 24.4 Å². The van der Waals surface area contributed by atoms with E-state index in [1.807, 2.05) is 13.0 Å².